The molecule has 0 amide bonds. The monoisotopic (exact) mass is 230 g/mol. The molecule has 5 heteroatoms. The van der Waals surface area contributed by atoms with Gasteiger partial charge in [0.1, 0.15) is 8.42 Å². The Bertz CT molecular complexity index is 425. The maximum Gasteiger partial charge on any atom is 0.225 e. The van der Waals surface area contributed by atoms with Crippen molar-refractivity contribution in [2.75, 3.05) is 0 Å². The average molecular weight is 230 g/mol. The van der Waals surface area contributed by atoms with Crippen LogP contribution in [0.1, 0.15) is 0 Å². The first-order chi connectivity index (χ1) is 6.21. The lowest BCUT2D eigenvalue weighted by Crippen LogP contribution is -1.95. The summed E-state index contributed by atoms with van der Waals surface area (Å²) in [5.74, 6) is 0. The fourth-order valence-electron chi connectivity index (χ4n) is 0.932. The molecule has 2 heterocycles. The zero-order valence-corrected chi connectivity index (χ0v) is 8.95. The van der Waals surface area contributed by atoms with Crippen molar-refractivity contribution in [1.29, 1.82) is 0 Å². The maximum atomic E-state index is 11.8. The van der Waals surface area contributed by atoms with Gasteiger partial charge >= 0.3 is 0 Å². The summed E-state index contributed by atoms with van der Waals surface area (Å²) in [6.45, 7) is 0. The van der Waals surface area contributed by atoms with Gasteiger partial charge in [0, 0.05) is 0 Å². The molecule has 2 aromatic heterocycles. The van der Waals surface area contributed by atoms with Crippen LogP contribution in [0.3, 0.4) is 0 Å². The summed E-state index contributed by atoms with van der Waals surface area (Å²) >= 11 is 2.49. The second kappa shape index (κ2) is 3.25. The van der Waals surface area contributed by atoms with E-state index in [0.717, 1.165) is 0 Å². The number of rotatable bonds is 2. The van der Waals surface area contributed by atoms with Crippen molar-refractivity contribution in [1.82, 2.24) is 0 Å². The molecule has 0 unspecified atom stereocenters. The van der Waals surface area contributed by atoms with E-state index in [2.05, 4.69) is 0 Å². The standard InChI is InChI=1S/C8H6O2S3/c9-13(10,7-3-1-5-11-7)8-4-2-6-12-8/h1-6H. The van der Waals surface area contributed by atoms with Crippen LogP contribution in [0.25, 0.3) is 0 Å². The molecule has 0 aromatic carbocycles. The van der Waals surface area contributed by atoms with Crippen LogP contribution in [0.5, 0.6) is 0 Å². The molecule has 0 radical (unpaired) electrons. The highest BCUT2D eigenvalue weighted by molar-refractivity contribution is 7.95. The minimum Gasteiger partial charge on any atom is -0.217 e. The molecule has 68 valence electrons. The second-order valence-corrected chi connectivity index (χ2v) is 6.67. The zero-order valence-electron chi connectivity index (χ0n) is 6.51. The molecule has 0 fully saturated rings. The number of thiophene rings is 2. The molecule has 2 rings (SSSR count). The number of hydrogen-bond donors (Lipinski definition) is 0. The molecular formula is C8H6O2S3. The van der Waals surface area contributed by atoms with E-state index >= 15 is 0 Å². The van der Waals surface area contributed by atoms with E-state index < -0.39 is 9.84 Å². The summed E-state index contributed by atoms with van der Waals surface area (Å²) in [6.07, 6.45) is 0. The van der Waals surface area contributed by atoms with Gasteiger partial charge in [-0.1, -0.05) is 12.1 Å². The molecule has 0 bridgehead atoms. The van der Waals surface area contributed by atoms with Crippen LogP contribution in [-0.2, 0) is 9.84 Å². The van der Waals surface area contributed by atoms with Crippen LogP contribution < -0.4 is 0 Å². The molecular weight excluding hydrogens is 224 g/mol. The summed E-state index contributed by atoms with van der Waals surface area (Å²) in [5.41, 5.74) is 0. The first kappa shape index (κ1) is 8.93. The van der Waals surface area contributed by atoms with E-state index in [9.17, 15) is 8.42 Å². The Morgan fingerprint density at radius 2 is 1.38 bits per heavy atom. The third-order valence-electron chi connectivity index (χ3n) is 1.52. The summed E-state index contributed by atoms with van der Waals surface area (Å²) in [6, 6.07) is 6.73. The van der Waals surface area contributed by atoms with Crippen LogP contribution in [-0.4, -0.2) is 8.42 Å². The van der Waals surface area contributed by atoms with Crippen molar-refractivity contribution >= 4 is 32.5 Å². The average Bonchev–Trinajstić information content (AvgIpc) is 2.78. The van der Waals surface area contributed by atoms with Crippen molar-refractivity contribution in [2.45, 2.75) is 8.42 Å². The Morgan fingerprint density at radius 3 is 1.69 bits per heavy atom. The van der Waals surface area contributed by atoms with Crippen molar-refractivity contribution in [2.24, 2.45) is 0 Å². The topological polar surface area (TPSA) is 34.1 Å². The van der Waals surface area contributed by atoms with Crippen LogP contribution >= 0.6 is 22.7 Å². The third kappa shape index (κ3) is 1.54. The highest BCUT2D eigenvalue weighted by Gasteiger charge is 2.18. The molecule has 0 saturated carbocycles. The van der Waals surface area contributed by atoms with Gasteiger partial charge in [0.2, 0.25) is 9.84 Å². The molecule has 13 heavy (non-hydrogen) atoms. The maximum absolute atomic E-state index is 11.8. The SMILES string of the molecule is O=S(=O)(c1cccs1)c1cccs1. The fraction of sp³-hybridized carbons (Fsp3) is 0. The lowest BCUT2D eigenvalue weighted by Gasteiger charge is -1.95. The highest BCUT2D eigenvalue weighted by Crippen LogP contribution is 2.27. The van der Waals surface area contributed by atoms with E-state index in [4.69, 9.17) is 0 Å². The van der Waals surface area contributed by atoms with Gasteiger partial charge in [-0.3, -0.25) is 0 Å². The molecule has 0 aliphatic heterocycles. The van der Waals surface area contributed by atoms with Gasteiger partial charge in [-0.15, -0.1) is 22.7 Å². The van der Waals surface area contributed by atoms with Gasteiger partial charge in [0.05, 0.1) is 0 Å². The minimum absolute atomic E-state index is 0.412. The molecule has 0 saturated heterocycles. The Kier molecular flexibility index (Phi) is 2.23. The Morgan fingerprint density at radius 1 is 0.923 bits per heavy atom. The third-order valence-corrected chi connectivity index (χ3v) is 6.07. The summed E-state index contributed by atoms with van der Waals surface area (Å²) in [5, 5.41) is 3.53. The molecule has 0 spiro atoms. The molecule has 0 atom stereocenters. The van der Waals surface area contributed by atoms with Crippen LogP contribution in [0.4, 0.5) is 0 Å². The summed E-state index contributed by atoms with van der Waals surface area (Å²) < 4.78 is 24.4. The first-order valence-corrected chi connectivity index (χ1v) is 6.77. The van der Waals surface area contributed by atoms with Gasteiger partial charge in [0.15, 0.2) is 0 Å². The molecule has 2 nitrogen and oxygen atoms in total. The Hall–Kier alpha value is -0.650. The summed E-state index contributed by atoms with van der Waals surface area (Å²) in [7, 11) is -3.22. The van der Waals surface area contributed by atoms with Crippen molar-refractivity contribution < 1.29 is 8.42 Å². The predicted octanol–water partition coefficient (Wildman–Crippen LogP) is 2.64. The minimum atomic E-state index is -3.22. The molecule has 0 aliphatic carbocycles. The van der Waals surface area contributed by atoms with E-state index in [1.807, 2.05) is 0 Å². The molecule has 0 N–H and O–H groups in total. The second-order valence-electron chi connectivity index (χ2n) is 2.37. The van der Waals surface area contributed by atoms with E-state index in [1.54, 1.807) is 35.0 Å². The van der Waals surface area contributed by atoms with Gasteiger partial charge in [-0.2, -0.15) is 0 Å². The van der Waals surface area contributed by atoms with Gasteiger partial charge < -0.3 is 0 Å². The lowest BCUT2D eigenvalue weighted by atomic mass is 10.7. The lowest BCUT2D eigenvalue weighted by molar-refractivity contribution is 0.600. The quantitative estimate of drug-likeness (QED) is 0.794. The molecule has 0 aliphatic rings. The number of sulfone groups is 1. The Balaban J connectivity index is 2.56. The van der Waals surface area contributed by atoms with E-state index in [0.29, 0.717) is 8.42 Å². The van der Waals surface area contributed by atoms with Gasteiger partial charge in [-0.25, -0.2) is 8.42 Å². The van der Waals surface area contributed by atoms with Crippen molar-refractivity contribution in [3.63, 3.8) is 0 Å². The van der Waals surface area contributed by atoms with Crippen LogP contribution in [0.2, 0.25) is 0 Å². The zero-order chi connectivity index (χ0) is 9.31. The van der Waals surface area contributed by atoms with Gasteiger partial charge in [0.25, 0.3) is 0 Å². The van der Waals surface area contributed by atoms with E-state index in [1.165, 1.54) is 22.7 Å². The number of hydrogen-bond acceptors (Lipinski definition) is 4. The summed E-state index contributed by atoms with van der Waals surface area (Å²) in [4.78, 5) is 0. The fourth-order valence-corrected chi connectivity index (χ4v) is 4.59. The van der Waals surface area contributed by atoms with Crippen LogP contribution in [0.15, 0.2) is 43.4 Å². The van der Waals surface area contributed by atoms with Gasteiger partial charge in [-0.05, 0) is 22.9 Å². The Labute approximate surface area is 84.4 Å². The van der Waals surface area contributed by atoms with Crippen LogP contribution in [0, 0.1) is 0 Å². The highest BCUT2D eigenvalue weighted by atomic mass is 32.3. The van der Waals surface area contributed by atoms with E-state index in [-0.39, 0.29) is 0 Å². The van der Waals surface area contributed by atoms with Crippen molar-refractivity contribution in [3.8, 4) is 0 Å². The van der Waals surface area contributed by atoms with Crippen molar-refractivity contribution in [3.05, 3.63) is 35.0 Å². The normalized spacial score (nSPS) is 11.7. The molecule has 2 aromatic rings. The predicted molar refractivity (Wildman–Crippen MR) is 54.1 cm³/mol. The smallest absolute Gasteiger partial charge is 0.217 e. The first-order valence-electron chi connectivity index (χ1n) is 3.53. The largest absolute Gasteiger partial charge is 0.225 e.